The van der Waals surface area contributed by atoms with E-state index < -0.39 is 67.2 Å². The second-order valence-electron chi connectivity index (χ2n) is 9.44. The number of urea groups is 2. The van der Waals surface area contributed by atoms with Crippen LogP contribution in [0.2, 0.25) is 0 Å². The Kier molecular flexibility index (Phi) is 8.19. The van der Waals surface area contributed by atoms with Crippen molar-refractivity contribution in [3.8, 4) is 0 Å². The van der Waals surface area contributed by atoms with Gasteiger partial charge in [0.1, 0.15) is 12.0 Å². The third-order valence-electron chi connectivity index (χ3n) is 6.91. The highest BCUT2D eigenvalue weighted by Crippen LogP contribution is 2.34. The Morgan fingerprint density at radius 1 is 1.07 bits per heavy atom. The number of carboxylic acid groups (broad SMARTS) is 1. The normalized spacial score (nSPS) is 18.4. The molecule has 12 nitrogen and oxygen atoms in total. The summed E-state index contributed by atoms with van der Waals surface area (Å²) in [6.07, 6.45) is -4.69. The molecular weight excluding hydrogens is 551 g/mol. The summed E-state index contributed by atoms with van der Waals surface area (Å²) in [5, 5.41) is 23.2. The Balaban J connectivity index is 1.69. The summed E-state index contributed by atoms with van der Waals surface area (Å²) in [6, 6.07) is 6.42. The van der Waals surface area contributed by atoms with Crippen LogP contribution in [0.4, 0.5) is 34.1 Å². The van der Waals surface area contributed by atoms with Crippen LogP contribution in [0, 0.1) is 12.8 Å². The molecule has 2 aliphatic heterocycles. The number of hydrogen-bond acceptors (Lipinski definition) is 6. The zero-order chi connectivity index (χ0) is 30.1. The van der Waals surface area contributed by atoms with Gasteiger partial charge in [-0.3, -0.25) is 24.3 Å². The number of carbonyl (C=O) groups excluding carboxylic acids is 4. The lowest BCUT2D eigenvalue weighted by molar-refractivity contribution is -0.147. The number of nitrogens with one attached hydrogen (secondary N) is 2. The van der Waals surface area contributed by atoms with Crippen LogP contribution in [-0.2, 0) is 27.1 Å². The zero-order valence-corrected chi connectivity index (χ0v) is 21.6. The topological polar surface area (TPSA) is 160 Å². The van der Waals surface area contributed by atoms with Gasteiger partial charge in [0.15, 0.2) is 0 Å². The average molecular weight is 578 g/mol. The van der Waals surface area contributed by atoms with Gasteiger partial charge in [0.25, 0.3) is 0 Å². The van der Waals surface area contributed by atoms with Crippen LogP contribution in [0.25, 0.3) is 0 Å². The van der Waals surface area contributed by atoms with Gasteiger partial charge in [-0.05, 0) is 48.4 Å². The Labute approximate surface area is 231 Å². The summed E-state index contributed by atoms with van der Waals surface area (Å²) in [7, 11) is 0. The highest BCUT2D eigenvalue weighted by Gasteiger charge is 2.44. The number of hydrogen-bond donors (Lipinski definition) is 4. The fourth-order valence-corrected chi connectivity index (χ4v) is 4.64. The fraction of sp³-hybridized carbons (Fsp3) is 0.346. The van der Waals surface area contributed by atoms with Crippen molar-refractivity contribution in [1.29, 1.82) is 0 Å². The number of nitrogens with zero attached hydrogens (tertiary/aromatic N) is 3. The van der Waals surface area contributed by atoms with E-state index in [0.29, 0.717) is 23.7 Å². The molecule has 6 amide bonds. The third kappa shape index (κ3) is 5.94. The van der Waals surface area contributed by atoms with Crippen molar-refractivity contribution in [3.63, 3.8) is 0 Å². The van der Waals surface area contributed by atoms with E-state index in [0.717, 1.165) is 17.0 Å². The zero-order valence-electron chi connectivity index (χ0n) is 21.6. The van der Waals surface area contributed by atoms with Crippen molar-refractivity contribution in [2.45, 2.75) is 25.7 Å². The highest BCUT2D eigenvalue weighted by molar-refractivity contribution is 6.13. The molecule has 2 aromatic rings. The number of rotatable bonds is 8. The molecule has 0 aromatic heterocycles. The van der Waals surface area contributed by atoms with Gasteiger partial charge in [0, 0.05) is 31.0 Å². The third-order valence-corrected chi connectivity index (χ3v) is 6.91. The van der Waals surface area contributed by atoms with Crippen LogP contribution < -0.4 is 20.4 Å². The van der Waals surface area contributed by atoms with Crippen LogP contribution in [-0.4, -0.2) is 77.2 Å². The van der Waals surface area contributed by atoms with Crippen LogP contribution in [0.5, 0.6) is 0 Å². The molecule has 2 atom stereocenters. The minimum atomic E-state index is -4.69. The smallest absolute Gasteiger partial charge is 0.416 e. The molecule has 2 unspecified atom stereocenters. The number of aliphatic hydroxyl groups is 1. The molecule has 0 saturated carbocycles. The fourth-order valence-electron chi connectivity index (χ4n) is 4.64. The van der Waals surface area contributed by atoms with Gasteiger partial charge >= 0.3 is 24.2 Å². The van der Waals surface area contributed by atoms with E-state index in [9.17, 15) is 47.4 Å². The van der Waals surface area contributed by atoms with E-state index >= 15 is 0 Å². The monoisotopic (exact) mass is 577 g/mol. The maximum Gasteiger partial charge on any atom is 0.416 e. The number of halogens is 3. The Hall–Kier alpha value is -4.66. The molecule has 0 spiro atoms. The number of imide groups is 1. The summed E-state index contributed by atoms with van der Waals surface area (Å²) in [5.74, 6) is -5.34. The van der Waals surface area contributed by atoms with Crippen LogP contribution in [0.1, 0.15) is 16.7 Å². The maximum absolute atomic E-state index is 13.6. The van der Waals surface area contributed by atoms with Gasteiger partial charge in [0.2, 0.25) is 11.8 Å². The van der Waals surface area contributed by atoms with Crippen molar-refractivity contribution in [3.05, 3.63) is 59.2 Å². The van der Waals surface area contributed by atoms with Crippen molar-refractivity contribution >= 4 is 41.2 Å². The number of amides is 6. The molecular formula is C26H26F3N5O7. The summed E-state index contributed by atoms with van der Waals surface area (Å²) < 4.78 is 40.5. The molecule has 4 N–H and O–H groups in total. The van der Waals surface area contributed by atoms with Crippen molar-refractivity contribution in [2.24, 2.45) is 5.92 Å². The molecule has 41 heavy (non-hydrogen) atoms. The van der Waals surface area contributed by atoms with E-state index in [2.05, 4.69) is 10.6 Å². The molecule has 4 rings (SSSR count). The molecule has 0 radical (unpaired) electrons. The Morgan fingerprint density at radius 2 is 1.71 bits per heavy atom. The first-order chi connectivity index (χ1) is 19.3. The predicted octanol–water partition coefficient (Wildman–Crippen LogP) is 1.69. The maximum atomic E-state index is 13.6. The Bertz CT molecular complexity index is 1380. The van der Waals surface area contributed by atoms with Crippen molar-refractivity contribution in [2.75, 3.05) is 36.0 Å². The van der Waals surface area contributed by atoms with Gasteiger partial charge in [-0.25, -0.2) is 14.4 Å². The van der Waals surface area contributed by atoms with Gasteiger partial charge < -0.3 is 20.8 Å². The second-order valence-corrected chi connectivity index (χ2v) is 9.44. The van der Waals surface area contributed by atoms with Gasteiger partial charge in [-0.1, -0.05) is 12.1 Å². The minimum Gasteiger partial charge on any atom is -0.480 e. The number of aliphatic carboxylic acids is 1. The average Bonchev–Trinajstić information content (AvgIpc) is 3.35. The number of anilines is 2. The quantitative estimate of drug-likeness (QED) is 0.348. The molecule has 0 bridgehead atoms. The largest absolute Gasteiger partial charge is 0.480 e. The van der Waals surface area contributed by atoms with Gasteiger partial charge in [-0.15, -0.1) is 0 Å². The number of carbonyl (C=O) groups is 5. The van der Waals surface area contributed by atoms with Crippen LogP contribution >= 0.6 is 0 Å². The van der Waals surface area contributed by atoms with E-state index in [4.69, 9.17) is 0 Å². The van der Waals surface area contributed by atoms with E-state index in [-0.39, 0.29) is 22.8 Å². The minimum absolute atomic E-state index is 0.0108. The van der Waals surface area contributed by atoms with Crippen LogP contribution in [0.15, 0.2) is 42.5 Å². The molecule has 2 saturated heterocycles. The van der Waals surface area contributed by atoms with E-state index in [1.807, 2.05) is 0 Å². The summed E-state index contributed by atoms with van der Waals surface area (Å²) in [4.78, 5) is 66.4. The molecule has 0 aliphatic carbocycles. The van der Waals surface area contributed by atoms with Gasteiger partial charge in [-0.2, -0.15) is 13.2 Å². The summed E-state index contributed by atoms with van der Waals surface area (Å²) in [5.41, 5.74) is -0.421. The van der Waals surface area contributed by atoms with Crippen molar-refractivity contribution in [1.82, 2.24) is 15.5 Å². The first kappa shape index (κ1) is 29.3. The van der Waals surface area contributed by atoms with E-state index in [1.165, 1.54) is 30.0 Å². The van der Waals surface area contributed by atoms with Crippen LogP contribution in [0.3, 0.4) is 0 Å². The van der Waals surface area contributed by atoms with Gasteiger partial charge in [0.05, 0.1) is 18.7 Å². The SMILES string of the molecule is Cc1c(CN2C(=O)C(C(=O)NC(CO)C(=O)O)CN(c3ccc(N4CCNC4=O)cc3)C2=O)cccc1C(F)(F)F. The first-order valence-electron chi connectivity index (χ1n) is 12.4. The number of carboxylic acids is 1. The van der Waals surface area contributed by atoms with E-state index in [1.54, 1.807) is 12.1 Å². The number of alkyl halides is 3. The number of aliphatic hydroxyl groups excluding tert-OH is 1. The standard InChI is InChI=1S/C26H26F3N5O7/c1-14-15(3-2-4-19(14)26(27,28)29)11-34-22(37)18(21(36)31-20(13-35)23(38)39)12-33(25(34)41)17-7-5-16(6-8-17)32-10-9-30-24(32)40/h2-8,18,20,35H,9-13H2,1H3,(H,30,40)(H,31,36)(H,38,39). The Morgan fingerprint density at radius 3 is 2.24 bits per heavy atom. The number of benzene rings is 2. The predicted molar refractivity (Wildman–Crippen MR) is 137 cm³/mol. The molecule has 2 aromatic carbocycles. The molecule has 2 heterocycles. The lowest BCUT2D eigenvalue weighted by Gasteiger charge is -2.38. The first-order valence-corrected chi connectivity index (χ1v) is 12.4. The summed E-state index contributed by atoms with van der Waals surface area (Å²) in [6.45, 7) is -0.0181. The molecule has 2 fully saturated rings. The lowest BCUT2D eigenvalue weighted by atomic mass is 9.98. The van der Waals surface area contributed by atoms with Crippen molar-refractivity contribution < 1.29 is 47.4 Å². The summed E-state index contributed by atoms with van der Waals surface area (Å²) >= 11 is 0. The second kappa shape index (κ2) is 11.4. The molecule has 15 heteroatoms. The lowest BCUT2D eigenvalue weighted by Crippen LogP contribution is -2.61. The molecule has 2 aliphatic rings. The highest BCUT2D eigenvalue weighted by atomic mass is 19.4. The molecule has 218 valence electrons.